The number of benzene rings is 2. The van der Waals surface area contributed by atoms with Crippen LogP contribution in [-0.4, -0.2) is 27.5 Å². The van der Waals surface area contributed by atoms with Crippen LogP contribution in [-0.2, 0) is 10.0 Å². The number of sulfonamides is 1. The summed E-state index contributed by atoms with van der Waals surface area (Å²) in [5, 5.41) is 2.86. The number of amides is 1. The maximum atomic E-state index is 13.1. The van der Waals surface area contributed by atoms with Gasteiger partial charge in [0.2, 0.25) is 10.0 Å². The first-order chi connectivity index (χ1) is 14.2. The molecular weight excluding hydrogens is 400 g/mol. The number of carbonyl (C=O) groups excluding carboxylic acids is 1. The Bertz CT molecular complexity index is 1030. The molecule has 1 aliphatic rings. The molecule has 30 heavy (non-hydrogen) atoms. The summed E-state index contributed by atoms with van der Waals surface area (Å²) >= 11 is 0. The van der Waals surface area contributed by atoms with E-state index in [1.54, 1.807) is 6.07 Å². The van der Waals surface area contributed by atoms with Crippen LogP contribution in [0.4, 0.5) is 5.69 Å². The van der Waals surface area contributed by atoms with E-state index in [4.69, 9.17) is 4.74 Å². The first-order valence-electron chi connectivity index (χ1n) is 10.3. The normalized spacial score (nSPS) is 19.3. The van der Waals surface area contributed by atoms with E-state index in [1.807, 2.05) is 32.0 Å². The third kappa shape index (κ3) is 5.02. The number of ether oxygens (including phenoxy) is 1. The predicted octanol–water partition coefficient (Wildman–Crippen LogP) is 4.42. The standard InChI is InChI=1S/C23H30N2O4S/c1-15-9-11-19(17(3)13-15)24-23(26)18-10-12-21(29-4)22(14-18)30(27,28)25-20-8-6-5-7-16(20)2/h9-14,16,20,25H,5-8H2,1-4H3,(H,24,26). The van der Waals surface area contributed by atoms with Crippen LogP contribution in [0.25, 0.3) is 0 Å². The Morgan fingerprint density at radius 3 is 2.47 bits per heavy atom. The van der Waals surface area contributed by atoms with Gasteiger partial charge in [0, 0.05) is 17.3 Å². The maximum absolute atomic E-state index is 13.1. The van der Waals surface area contributed by atoms with Crippen molar-refractivity contribution in [1.29, 1.82) is 0 Å². The van der Waals surface area contributed by atoms with E-state index >= 15 is 0 Å². The molecule has 0 aliphatic heterocycles. The Kier molecular flexibility index (Phi) is 6.83. The number of hydrogen-bond acceptors (Lipinski definition) is 4. The van der Waals surface area contributed by atoms with Crippen molar-refractivity contribution in [1.82, 2.24) is 4.72 Å². The quantitative estimate of drug-likeness (QED) is 0.710. The summed E-state index contributed by atoms with van der Waals surface area (Å²) in [6.45, 7) is 5.97. The van der Waals surface area contributed by atoms with Crippen LogP contribution in [0.2, 0.25) is 0 Å². The van der Waals surface area contributed by atoms with Crippen LogP contribution in [0, 0.1) is 19.8 Å². The molecule has 1 fully saturated rings. The molecule has 6 nitrogen and oxygen atoms in total. The summed E-state index contributed by atoms with van der Waals surface area (Å²) in [5.74, 6) is 0.122. The minimum Gasteiger partial charge on any atom is -0.495 e. The van der Waals surface area contributed by atoms with Crippen LogP contribution < -0.4 is 14.8 Å². The van der Waals surface area contributed by atoms with Crippen LogP contribution in [0.3, 0.4) is 0 Å². The topological polar surface area (TPSA) is 84.5 Å². The van der Waals surface area contributed by atoms with Crippen molar-refractivity contribution >= 4 is 21.6 Å². The van der Waals surface area contributed by atoms with E-state index in [9.17, 15) is 13.2 Å². The van der Waals surface area contributed by atoms with Gasteiger partial charge in [-0.25, -0.2) is 13.1 Å². The molecule has 2 N–H and O–H groups in total. The maximum Gasteiger partial charge on any atom is 0.255 e. The molecule has 7 heteroatoms. The number of methoxy groups -OCH3 is 1. The molecule has 2 unspecified atom stereocenters. The second kappa shape index (κ2) is 9.18. The lowest BCUT2D eigenvalue weighted by Crippen LogP contribution is -2.41. The molecule has 0 saturated heterocycles. The smallest absolute Gasteiger partial charge is 0.255 e. The van der Waals surface area contributed by atoms with Gasteiger partial charge in [0.1, 0.15) is 10.6 Å². The Morgan fingerprint density at radius 2 is 1.80 bits per heavy atom. The zero-order chi connectivity index (χ0) is 21.9. The Hall–Kier alpha value is -2.38. The largest absolute Gasteiger partial charge is 0.495 e. The van der Waals surface area contributed by atoms with Gasteiger partial charge in [0.05, 0.1) is 7.11 Å². The number of anilines is 1. The molecule has 2 aromatic carbocycles. The van der Waals surface area contributed by atoms with Crippen molar-refractivity contribution in [2.75, 3.05) is 12.4 Å². The van der Waals surface area contributed by atoms with Crippen molar-refractivity contribution in [3.63, 3.8) is 0 Å². The third-order valence-corrected chi connectivity index (χ3v) is 7.27. The summed E-state index contributed by atoms with van der Waals surface area (Å²) in [4.78, 5) is 12.8. The number of nitrogens with one attached hydrogen (secondary N) is 2. The van der Waals surface area contributed by atoms with Crippen LogP contribution in [0.1, 0.15) is 54.1 Å². The van der Waals surface area contributed by atoms with Gasteiger partial charge in [-0.3, -0.25) is 4.79 Å². The van der Waals surface area contributed by atoms with Crippen LogP contribution in [0.5, 0.6) is 5.75 Å². The zero-order valence-corrected chi connectivity index (χ0v) is 18.8. The highest BCUT2D eigenvalue weighted by atomic mass is 32.2. The lowest BCUT2D eigenvalue weighted by molar-refractivity contribution is 0.102. The van der Waals surface area contributed by atoms with Crippen LogP contribution >= 0.6 is 0 Å². The van der Waals surface area contributed by atoms with Crippen LogP contribution in [0.15, 0.2) is 41.3 Å². The van der Waals surface area contributed by atoms with Crippen molar-refractivity contribution in [2.45, 2.75) is 57.4 Å². The lowest BCUT2D eigenvalue weighted by atomic mass is 9.87. The highest BCUT2D eigenvalue weighted by molar-refractivity contribution is 7.89. The van der Waals surface area contributed by atoms with E-state index in [2.05, 4.69) is 17.0 Å². The Labute approximate surface area is 179 Å². The first-order valence-corrected chi connectivity index (χ1v) is 11.8. The van der Waals surface area contributed by atoms with E-state index in [0.717, 1.165) is 36.8 Å². The highest BCUT2D eigenvalue weighted by Gasteiger charge is 2.29. The summed E-state index contributed by atoms with van der Waals surface area (Å²) in [6, 6.07) is 10.1. The second-order valence-corrected chi connectivity index (χ2v) is 9.81. The minimum atomic E-state index is -3.83. The molecule has 0 spiro atoms. The summed E-state index contributed by atoms with van der Waals surface area (Å²) in [7, 11) is -2.41. The molecule has 0 aromatic heterocycles. The fraction of sp³-hybridized carbons (Fsp3) is 0.435. The number of aryl methyl sites for hydroxylation is 2. The molecule has 3 rings (SSSR count). The van der Waals surface area contributed by atoms with Gasteiger partial charge in [-0.05, 0) is 62.4 Å². The van der Waals surface area contributed by atoms with Crippen molar-refractivity contribution in [3.8, 4) is 5.75 Å². The van der Waals surface area contributed by atoms with Gasteiger partial charge >= 0.3 is 0 Å². The van der Waals surface area contributed by atoms with Crippen molar-refractivity contribution in [2.24, 2.45) is 5.92 Å². The summed E-state index contributed by atoms with van der Waals surface area (Å²) in [5.41, 5.74) is 3.00. The van der Waals surface area contributed by atoms with Gasteiger partial charge < -0.3 is 10.1 Å². The number of carbonyl (C=O) groups is 1. The fourth-order valence-electron chi connectivity index (χ4n) is 3.93. The van der Waals surface area contributed by atoms with Gasteiger partial charge in [0.25, 0.3) is 5.91 Å². The van der Waals surface area contributed by atoms with Crippen molar-refractivity contribution < 1.29 is 17.9 Å². The second-order valence-electron chi connectivity index (χ2n) is 8.13. The molecular formula is C23H30N2O4S. The Morgan fingerprint density at radius 1 is 1.07 bits per heavy atom. The summed E-state index contributed by atoms with van der Waals surface area (Å²) < 4.78 is 34.4. The van der Waals surface area contributed by atoms with Gasteiger partial charge in [0.15, 0.2) is 0 Å². The molecule has 162 valence electrons. The number of rotatable bonds is 6. The molecule has 0 bridgehead atoms. The van der Waals surface area contributed by atoms with Gasteiger partial charge in [-0.2, -0.15) is 0 Å². The molecule has 1 saturated carbocycles. The average Bonchev–Trinajstić information content (AvgIpc) is 2.71. The lowest BCUT2D eigenvalue weighted by Gasteiger charge is -2.29. The average molecular weight is 431 g/mol. The molecule has 2 aromatic rings. The van der Waals surface area contributed by atoms with E-state index in [-0.39, 0.29) is 34.1 Å². The fourth-order valence-corrected chi connectivity index (χ4v) is 5.50. The van der Waals surface area contributed by atoms with Gasteiger partial charge in [-0.1, -0.05) is 37.5 Å². The van der Waals surface area contributed by atoms with E-state index in [0.29, 0.717) is 5.69 Å². The van der Waals surface area contributed by atoms with E-state index in [1.165, 1.54) is 19.2 Å². The highest BCUT2D eigenvalue weighted by Crippen LogP contribution is 2.29. The monoisotopic (exact) mass is 430 g/mol. The zero-order valence-electron chi connectivity index (χ0n) is 18.0. The molecule has 0 heterocycles. The number of hydrogen-bond donors (Lipinski definition) is 2. The molecule has 1 amide bonds. The molecule has 2 atom stereocenters. The van der Waals surface area contributed by atoms with Gasteiger partial charge in [-0.15, -0.1) is 0 Å². The Balaban J connectivity index is 1.88. The predicted molar refractivity (Wildman–Crippen MR) is 119 cm³/mol. The third-order valence-electron chi connectivity index (χ3n) is 5.76. The summed E-state index contributed by atoms with van der Waals surface area (Å²) in [6.07, 6.45) is 3.95. The first kappa shape index (κ1) is 22.3. The molecule has 0 radical (unpaired) electrons. The van der Waals surface area contributed by atoms with Crippen molar-refractivity contribution in [3.05, 3.63) is 53.1 Å². The minimum absolute atomic E-state index is 0.0175. The van der Waals surface area contributed by atoms with E-state index < -0.39 is 10.0 Å². The SMILES string of the molecule is COc1ccc(C(=O)Nc2ccc(C)cc2C)cc1S(=O)(=O)NC1CCCCC1C. The molecule has 1 aliphatic carbocycles.